The molecule has 0 aliphatic heterocycles. The average Bonchev–Trinajstić information content (AvgIpc) is 2.37. The van der Waals surface area contributed by atoms with Crippen LogP contribution < -0.4 is 16.2 Å². The highest BCUT2D eigenvalue weighted by Crippen LogP contribution is 2.25. The van der Waals surface area contributed by atoms with Gasteiger partial charge < -0.3 is 16.2 Å². The highest BCUT2D eigenvalue weighted by atomic mass is 16.5. The number of benzene rings is 1. The maximum atomic E-state index is 6.19. The van der Waals surface area contributed by atoms with Gasteiger partial charge in [-0.25, -0.2) is 0 Å². The van der Waals surface area contributed by atoms with Crippen molar-refractivity contribution in [1.82, 2.24) is 0 Å². The number of methoxy groups -OCH3 is 1. The molecule has 1 aromatic carbocycles. The third-order valence-electron chi connectivity index (χ3n) is 3.17. The van der Waals surface area contributed by atoms with Gasteiger partial charge >= 0.3 is 0 Å². The minimum Gasteiger partial charge on any atom is -0.496 e. The van der Waals surface area contributed by atoms with Crippen molar-refractivity contribution < 1.29 is 4.74 Å². The second kappa shape index (κ2) is 6.62. The Hall–Kier alpha value is -1.06. The molecule has 0 bridgehead atoms. The predicted molar refractivity (Wildman–Crippen MR) is 72.1 cm³/mol. The van der Waals surface area contributed by atoms with Crippen molar-refractivity contribution >= 4 is 0 Å². The summed E-state index contributed by atoms with van der Waals surface area (Å²) in [6.07, 6.45) is 1.88. The van der Waals surface area contributed by atoms with E-state index in [2.05, 4.69) is 19.9 Å². The van der Waals surface area contributed by atoms with Gasteiger partial charge in [0.15, 0.2) is 0 Å². The van der Waals surface area contributed by atoms with E-state index in [4.69, 9.17) is 16.2 Å². The summed E-state index contributed by atoms with van der Waals surface area (Å²) < 4.78 is 5.31. The second-order valence-electron chi connectivity index (χ2n) is 4.61. The number of rotatable bonds is 6. The molecule has 3 nitrogen and oxygen atoms in total. The number of hydrogen-bond donors (Lipinski definition) is 2. The Morgan fingerprint density at radius 3 is 2.59 bits per heavy atom. The van der Waals surface area contributed by atoms with Crippen LogP contribution in [0, 0.1) is 5.92 Å². The van der Waals surface area contributed by atoms with Crippen LogP contribution in [-0.2, 0) is 6.42 Å². The summed E-state index contributed by atoms with van der Waals surface area (Å²) in [7, 11) is 1.70. The monoisotopic (exact) mass is 236 g/mol. The van der Waals surface area contributed by atoms with Crippen LogP contribution >= 0.6 is 0 Å². The first-order valence-corrected chi connectivity index (χ1v) is 6.24. The fourth-order valence-corrected chi connectivity index (χ4v) is 1.97. The molecule has 0 fully saturated rings. The van der Waals surface area contributed by atoms with Gasteiger partial charge in [-0.15, -0.1) is 0 Å². The molecule has 0 radical (unpaired) electrons. The van der Waals surface area contributed by atoms with E-state index in [9.17, 15) is 0 Å². The van der Waals surface area contributed by atoms with Crippen LogP contribution in [0.3, 0.4) is 0 Å². The van der Waals surface area contributed by atoms with Gasteiger partial charge in [-0.1, -0.05) is 26.0 Å². The van der Waals surface area contributed by atoms with Crippen LogP contribution in [0.25, 0.3) is 0 Å². The lowest BCUT2D eigenvalue weighted by Crippen LogP contribution is -2.19. The molecule has 1 aromatic rings. The van der Waals surface area contributed by atoms with Gasteiger partial charge in [-0.3, -0.25) is 0 Å². The molecule has 0 saturated heterocycles. The molecule has 0 aliphatic carbocycles. The van der Waals surface area contributed by atoms with Crippen LogP contribution in [0.1, 0.15) is 37.4 Å². The first kappa shape index (κ1) is 14.0. The highest BCUT2D eigenvalue weighted by molar-refractivity contribution is 5.38. The molecule has 1 rings (SSSR count). The summed E-state index contributed by atoms with van der Waals surface area (Å²) >= 11 is 0. The van der Waals surface area contributed by atoms with Crippen molar-refractivity contribution in [3.63, 3.8) is 0 Å². The maximum Gasteiger partial charge on any atom is 0.122 e. The minimum atomic E-state index is 0.0600. The van der Waals surface area contributed by atoms with E-state index in [-0.39, 0.29) is 6.04 Å². The molecular formula is C14H24N2O. The smallest absolute Gasteiger partial charge is 0.122 e. The Kier molecular flexibility index (Phi) is 5.45. The number of hydrogen-bond acceptors (Lipinski definition) is 3. The lowest BCUT2D eigenvalue weighted by atomic mass is 9.95. The summed E-state index contributed by atoms with van der Waals surface area (Å²) in [6.45, 7) is 4.93. The van der Waals surface area contributed by atoms with Gasteiger partial charge in [0.25, 0.3) is 0 Å². The molecule has 0 aromatic heterocycles. The van der Waals surface area contributed by atoms with Crippen molar-refractivity contribution in [3.05, 3.63) is 29.3 Å². The molecule has 3 heteroatoms. The molecule has 0 aliphatic rings. The lowest BCUT2D eigenvalue weighted by Gasteiger charge is -2.18. The molecule has 2 atom stereocenters. The highest BCUT2D eigenvalue weighted by Gasteiger charge is 2.12. The van der Waals surface area contributed by atoms with Crippen LogP contribution in [0.15, 0.2) is 18.2 Å². The summed E-state index contributed by atoms with van der Waals surface area (Å²) in [5.41, 5.74) is 14.2. The van der Waals surface area contributed by atoms with Gasteiger partial charge in [0, 0.05) is 6.04 Å². The van der Waals surface area contributed by atoms with Crippen molar-refractivity contribution in [2.75, 3.05) is 13.7 Å². The van der Waals surface area contributed by atoms with E-state index in [1.165, 1.54) is 11.1 Å². The first-order chi connectivity index (χ1) is 8.12. The van der Waals surface area contributed by atoms with Crippen LogP contribution in [0.2, 0.25) is 0 Å². The fourth-order valence-electron chi connectivity index (χ4n) is 1.97. The van der Waals surface area contributed by atoms with Gasteiger partial charge in [-0.2, -0.15) is 0 Å². The molecule has 96 valence electrons. The molecule has 0 saturated carbocycles. The van der Waals surface area contributed by atoms with E-state index < -0.39 is 0 Å². The second-order valence-corrected chi connectivity index (χ2v) is 4.61. The van der Waals surface area contributed by atoms with E-state index >= 15 is 0 Å². The van der Waals surface area contributed by atoms with E-state index in [1.807, 2.05) is 12.1 Å². The zero-order chi connectivity index (χ0) is 12.8. The van der Waals surface area contributed by atoms with Gasteiger partial charge in [0.1, 0.15) is 5.75 Å². The van der Waals surface area contributed by atoms with Gasteiger partial charge in [-0.05, 0) is 42.5 Å². The molecule has 0 amide bonds. The van der Waals surface area contributed by atoms with Crippen molar-refractivity contribution in [3.8, 4) is 5.75 Å². The zero-order valence-electron chi connectivity index (χ0n) is 11.1. The molecule has 4 N–H and O–H groups in total. The van der Waals surface area contributed by atoms with E-state index in [1.54, 1.807) is 7.11 Å². The Morgan fingerprint density at radius 2 is 2.06 bits per heavy atom. The van der Waals surface area contributed by atoms with E-state index in [0.717, 1.165) is 18.6 Å². The summed E-state index contributed by atoms with van der Waals surface area (Å²) in [5, 5.41) is 0. The fraction of sp³-hybridized carbons (Fsp3) is 0.571. The summed E-state index contributed by atoms with van der Waals surface area (Å²) in [6, 6.07) is 6.25. The van der Waals surface area contributed by atoms with Crippen molar-refractivity contribution in [2.24, 2.45) is 17.4 Å². The predicted octanol–water partition coefficient (Wildman–Crippen LogP) is 2.24. The van der Waals surface area contributed by atoms with Gasteiger partial charge in [0.05, 0.1) is 7.11 Å². The Morgan fingerprint density at radius 1 is 1.35 bits per heavy atom. The van der Waals surface area contributed by atoms with Crippen molar-refractivity contribution in [2.45, 2.75) is 32.7 Å². The van der Waals surface area contributed by atoms with Crippen LogP contribution in [0.5, 0.6) is 5.75 Å². The molecular weight excluding hydrogens is 212 g/mol. The number of aryl methyl sites for hydroxylation is 1. The van der Waals surface area contributed by atoms with Crippen LogP contribution in [-0.4, -0.2) is 13.7 Å². The SMILES string of the molecule is CCc1cc(C(N)CC(C)CN)ccc1OC. The quantitative estimate of drug-likeness (QED) is 0.796. The average molecular weight is 236 g/mol. The van der Waals surface area contributed by atoms with Gasteiger partial charge in [0.2, 0.25) is 0 Å². The van der Waals surface area contributed by atoms with Crippen molar-refractivity contribution in [1.29, 1.82) is 0 Å². The molecule has 17 heavy (non-hydrogen) atoms. The van der Waals surface area contributed by atoms with E-state index in [0.29, 0.717) is 12.5 Å². The number of nitrogens with two attached hydrogens (primary N) is 2. The third-order valence-corrected chi connectivity index (χ3v) is 3.17. The maximum absolute atomic E-state index is 6.19. The number of ether oxygens (including phenoxy) is 1. The topological polar surface area (TPSA) is 61.3 Å². The first-order valence-electron chi connectivity index (χ1n) is 6.24. The zero-order valence-corrected chi connectivity index (χ0v) is 11.1. The summed E-state index contributed by atoms with van der Waals surface area (Å²) in [5.74, 6) is 1.40. The molecule has 2 unspecified atom stereocenters. The minimum absolute atomic E-state index is 0.0600. The lowest BCUT2D eigenvalue weighted by molar-refractivity contribution is 0.409. The molecule has 0 heterocycles. The Bertz CT molecular complexity index is 352. The normalized spacial score (nSPS) is 14.4. The third kappa shape index (κ3) is 3.72. The Balaban J connectivity index is 2.84. The largest absolute Gasteiger partial charge is 0.496 e. The Labute approximate surface area is 104 Å². The standard InChI is InChI=1S/C14H24N2O/c1-4-11-8-12(5-6-14(11)17-3)13(16)7-10(2)9-15/h5-6,8,10,13H,4,7,9,15-16H2,1-3H3. The molecule has 0 spiro atoms. The van der Waals surface area contributed by atoms with Crippen LogP contribution in [0.4, 0.5) is 0 Å². The summed E-state index contributed by atoms with van der Waals surface area (Å²) in [4.78, 5) is 0.